The highest BCUT2D eigenvalue weighted by Crippen LogP contribution is 2.40. The van der Waals surface area contributed by atoms with E-state index < -0.39 is 5.60 Å². The van der Waals surface area contributed by atoms with Gasteiger partial charge in [-0.1, -0.05) is 22.0 Å². The number of aryl methyl sites for hydroxylation is 1. The van der Waals surface area contributed by atoms with Crippen molar-refractivity contribution in [3.05, 3.63) is 33.8 Å². The molecule has 0 spiro atoms. The average Bonchev–Trinajstić information content (AvgIpc) is 2.65. The number of ether oxygens (including phenoxy) is 1. The molecule has 0 radical (unpaired) electrons. The Hall–Kier alpha value is -0.890. The molecule has 4 heteroatoms. The molecule has 1 unspecified atom stereocenters. The van der Waals surface area contributed by atoms with Gasteiger partial charge in [0.2, 0.25) is 0 Å². The van der Waals surface area contributed by atoms with E-state index in [0.29, 0.717) is 6.42 Å². The molecule has 1 atom stereocenters. The smallest absolute Gasteiger partial charge is 0.180 e. The van der Waals surface area contributed by atoms with Gasteiger partial charge in [-0.3, -0.25) is 0 Å². The number of aliphatic hydroxyl groups is 1. The molecule has 0 heterocycles. The minimum atomic E-state index is -0.862. The molecule has 1 N–H and O–H groups in total. The van der Waals surface area contributed by atoms with E-state index in [9.17, 15) is 5.26 Å². The van der Waals surface area contributed by atoms with Crippen LogP contribution >= 0.6 is 15.9 Å². The van der Waals surface area contributed by atoms with Gasteiger partial charge >= 0.3 is 0 Å². The highest BCUT2D eigenvalue weighted by atomic mass is 79.9. The van der Waals surface area contributed by atoms with Crippen LogP contribution in [0.4, 0.5) is 0 Å². The van der Waals surface area contributed by atoms with Gasteiger partial charge in [0.15, 0.2) is 5.60 Å². The van der Waals surface area contributed by atoms with Gasteiger partial charge in [0.25, 0.3) is 0 Å². The molecule has 3 nitrogen and oxygen atoms in total. The first-order valence-electron chi connectivity index (χ1n) is 5.17. The van der Waals surface area contributed by atoms with E-state index in [4.69, 9.17) is 9.84 Å². The SMILES string of the molecule is N#CC1(OCCO)CCc2cc(Br)ccc21. The Morgan fingerprint density at radius 3 is 3.06 bits per heavy atom. The van der Waals surface area contributed by atoms with Crippen molar-refractivity contribution in [3.8, 4) is 6.07 Å². The zero-order chi connectivity index (χ0) is 11.6. The summed E-state index contributed by atoms with van der Waals surface area (Å²) in [7, 11) is 0. The number of hydrogen-bond acceptors (Lipinski definition) is 3. The number of benzene rings is 1. The van der Waals surface area contributed by atoms with Crippen LogP contribution in [-0.4, -0.2) is 18.3 Å². The topological polar surface area (TPSA) is 53.2 Å². The van der Waals surface area contributed by atoms with Crippen LogP contribution in [0.25, 0.3) is 0 Å². The largest absolute Gasteiger partial charge is 0.394 e. The van der Waals surface area contributed by atoms with Gasteiger partial charge in [-0.2, -0.15) is 5.26 Å². The summed E-state index contributed by atoms with van der Waals surface area (Å²) in [6.07, 6.45) is 1.50. The highest BCUT2D eigenvalue weighted by molar-refractivity contribution is 9.10. The molecule has 0 amide bonds. The third kappa shape index (κ3) is 1.86. The Morgan fingerprint density at radius 2 is 2.38 bits per heavy atom. The number of fused-ring (bicyclic) bond motifs is 1. The Kier molecular flexibility index (Phi) is 3.29. The second-order valence-corrected chi connectivity index (χ2v) is 4.73. The first kappa shape index (κ1) is 11.6. The van der Waals surface area contributed by atoms with Gasteiger partial charge < -0.3 is 9.84 Å². The lowest BCUT2D eigenvalue weighted by Gasteiger charge is -2.22. The molecular formula is C12H12BrNO2. The molecule has 1 aromatic carbocycles. The van der Waals surface area contributed by atoms with Gasteiger partial charge in [-0.15, -0.1) is 0 Å². The summed E-state index contributed by atoms with van der Waals surface area (Å²) in [6, 6.07) is 8.10. The van der Waals surface area contributed by atoms with Gasteiger partial charge in [-0.05, 0) is 30.5 Å². The number of aliphatic hydroxyl groups excluding tert-OH is 1. The van der Waals surface area contributed by atoms with Crippen molar-refractivity contribution in [3.63, 3.8) is 0 Å². The maximum atomic E-state index is 9.29. The molecule has 0 bridgehead atoms. The van der Waals surface area contributed by atoms with Crippen LogP contribution in [0.2, 0.25) is 0 Å². The van der Waals surface area contributed by atoms with E-state index in [1.165, 1.54) is 0 Å². The standard InChI is InChI=1S/C12H12BrNO2/c13-10-1-2-11-9(7-10)3-4-12(11,8-14)16-6-5-15/h1-2,7,15H,3-6H2. The molecule has 0 saturated heterocycles. The molecule has 84 valence electrons. The van der Waals surface area contributed by atoms with Crippen molar-refractivity contribution in [2.75, 3.05) is 13.2 Å². The zero-order valence-corrected chi connectivity index (χ0v) is 10.3. The van der Waals surface area contributed by atoms with E-state index in [0.717, 1.165) is 22.0 Å². The van der Waals surface area contributed by atoms with E-state index in [1.807, 2.05) is 18.2 Å². The fourth-order valence-electron chi connectivity index (χ4n) is 2.13. The number of rotatable bonds is 3. The Balaban J connectivity index is 2.36. The Morgan fingerprint density at radius 1 is 1.56 bits per heavy atom. The second-order valence-electron chi connectivity index (χ2n) is 3.81. The second kappa shape index (κ2) is 4.54. The molecule has 1 aliphatic carbocycles. The molecular weight excluding hydrogens is 270 g/mol. The number of nitriles is 1. The van der Waals surface area contributed by atoms with Crippen LogP contribution < -0.4 is 0 Å². The van der Waals surface area contributed by atoms with Gasteiger partial charge in [0, 0.05) is 10.0 Å². The maximum Gasteiger partial charge on any atom is 0.180 e. The molecule has 0 aromatic heterocycles. The summed E-state index contributed by atoms with van der Waals surface area (Å²) < 4.78 is 6.54. The summed E-state index contributed by atoms with van der Waals surface area (Å²) in [5.74, 6) is 0. The predicted molar refractivity (Wildman–Crippen MR) is 62.8 cm³/mol. The molecule has 1 aliphatic rings. The van der Waals surface area contributed by atoms with Crippen LogP contribution in [0.5, 0.6) is 0 Å². The molecule has 0 fully saturated rings. The predicted octanol–water partition coefficient (Wildman–Crippen LogP) is 2.12. The first-order valence-corrected chi connectivity index (χ1v) is 5.96. The van der Waals surface area contributed by atoms with Crippen molar-refractivity contribution in [2.24, 2.45) is 0 Å². The molecule has 16 heavy (non-hydrogen) atoms. The monoisotopic (exact) mass is 281 g/mol. The van der Waals surface area contributed by atoms with E-state index in [-0.39, 0.29) is 13.2 Å². The van der Waals surface area contributed by atoms with Crippen molar-refractivity contribution in [1.29, 1.82) is 5.26 Å². The van der Waals surface area contributed by atoms with Crippen molar-refractivity contribution in [1.82, 2.24) is 0 Å². The van der Waals surface area contributed by atoms with Gasteiger partial charge in [0.1, 0.15) is 6.07 Å². The van der Waals surface area contributed by atoms with Crippen LogP contribution in [0.15, 0.2) is 22.7 Å². The van der Waals surface area contributed by atoms with Crippen molar-refractivity contribution >= 4 is 15.9 Å². The lowest BCUT2D eigenvalue weighted by Crippen LogP contribution is -2.26. The summed E-state index contributed by atoms with van der Waals surface area (Å²) in [5.41, 5.74) is 1.22. The first-order chi connectivity index (χ1) is 7.72. The van der Waals surface area contributed by atoms with Crippen LogP contribution in [0, 0.1) is 11.3 Å². The van der Waals surface area contributed by atoms with Crippen LogP contribution in [0.3, 0.4) is 0 Å². The fraction of sp³-hybridized carbons (Fsp3) is 0.417. The molecule has 0 aliphatic heterocycles. The minimum absolute atomic E-state index is 0.0602. The van der Waals surface area contributed by atoms with Crippen LogP contribution in [-0.2, 0) is 16.8 Å². The molecule has 0 saturated carbocycles. The van der Waals surface area contributed by atoms with E-state index in [2.05, 4.69) is 22.0 Å². The molecule has 2 rings (SSSR count). The minimum Gasteiger partial charge on any atom is -0.394 e. The van der Waals surface area contributed by atoms with E-state index in [1.54, 1.807) is 0 Å². The Bertz CT molecular complexity index is 441. The summed E-state index contributed by atoms with van der Waals surface area (Å²) in [6.45, 7) is 0.137. The summed E-state index contributed by atoms with van der Waals surface area (Å²) in [5, 5.41) is 18.1. The number of halogens is 1. The lowest BCUT2D eigenvalue weighted by molar-refractivity contribution is -0.0218. The zero-order valence-electron chi connectivity index (χ0n) is 8.74. The average molecular weight is 282 g/mol. The summed E-state index contributed by atoms with van der Waals surface area (Å²) in [4.78, 5) is 0. The normalized spacial score (nSPS) is 22.8. The highest BCUT2D eigenvalue weighted by Gasteiger charge is 2.40. The number of hydrogen-bond donors (Lipinski definition) is 1. The quantitative estimate of drug-likeness (QED) is 0.924. The van der Waals surface area contributed by atoms with Crippen molar-refractivity contribution in [2.45, 2.75) is 18.4 Å². The fourth-order valence-corrected chi connectivity index (χ4v) is 2.54. The number of nitrogens with zero attached hydrogens (tertiary/aromatic N) is 1. The summed E-state index contributed by atoms with van der Waals surface area (Å²) >= 11 is 3.41. The van der Waals surface area contributed by atoms with Gasteiger partial charge in [-0.25, -0.2) is 0 Å². The lowest BCUT2D eigenvalue weighted by atomic mass is 9.97. The molecule has 1 aromatic rings. The van der Waals surface area contributed by atoms with E-state index >= 15 is 0 Å². The maximum absolute atomic E-state index is 9.29. The third-order valence-electron chi connectivity index (χ3n) is 2.87. The van der Waals surface area contributed by atoms with Crippen LogP contribution in [0.1, 0.15) is 17.5 Å². The Labute approximate surface area is 103 Å². The van der Waals surface area contributed by atoms with Crippen molar-refractivity contribution < 1.29 is 9.84 Å². The third-order valence-corrected chi connectivity index (χ3v) is 3.36. The van der Waals surface area contributed by atoms with Gasteiger partial charge in [0.05, 0.1) is 13.2 Å².